The third-order valence-electron chi connectivity index (χ3n) is 4.46. The summed E-state index contributed by atoms with van der Waals surface area (Å²) in [6, 6.07) is 0.940. The van der Waals surface area contributed by atoms with Crippen molar-refractivity contribution < 1.29 is 4.79 Å². The van der Waals surface area contributed by atoms with Gasteiger partial charge in [0, 0.05) is 25.2 Å². The van der Waals surface area contributed by atoms with Crippen molar-refractivity contribution in [2.75, 3.05) is 26.7 Å². The molecule has 2 heterocycles. The van der Waals surface area contributed by atoms with Gasteiger partial charge >= 0.3 is 0 Å². The third kappa shape index (κ3) is 2.80. The molecule has 0 bridgehead atoms. The molecule has 2 aliphatic rings. The molecule has 4 heteroatoms. The van der Waals surface area contributed by atoms with Gasteiger partial charge < -0.3 is 15.5 Å². The van der Waals surface area contributed by atoms with Crippen LogP contribution in [-0.4, -0.2) is 49.6 Å². The van der Waals surface area contributed by atoms with Crippen LogP contribution in [0.25, 0.3) is 0 Å². The summed E-state index contributed by atoms with van der Waals surface area (Å²) in [5.74, 6) is 0.240. The van der Waals surface area contributed by atoms with E-state index in [0.29, 0.717) is 12.1 Å². The van der Waals surface area contributed by atoms with E-state index in [-0.39, 0.29) is 11.3 Å². The van der Waals surface area contributed by atoms with E-state index in [2.05, 4.69) is 36.4 Å². The number of amides is 1. The molecule has 0 aromatic carbocycles. The Morgan fingerprint density at radius 3 is 2.88 bits per heavy atom. The van der Waals surface area contributed by atoms with Gasteiger partial charge in [-0.25, -0.2) is 0 Å². The Balaban J connectivity index is 1.86. The van der Waals surface area contributed by atoms with Gasteiger partial charge in [-0.3, -0.25) is 4.79 Å². The van der Waals surface area contributed by atoms with Gasteiger partial charge in [-0.05, 0) is 46.7 Å². The predicted octanol–water partition coefficient (Wildman–Crippen LogP) is 0.585. The zero-order valence-corrected chi connectivity index (χ0v) is 11.3. The molecular formula is C13H25N3O. The normalized spacial score (nSPS) is 39.2. The highest BCUT2D eigenvalue weighted by Gasteiger charge is 2.37. The maximum Gasteiger partial charge on any atom is 0.227 e. The molecule has 2 saturated heterocycles. The molecule has 0 saturated carbocycles. The summed E-state index contributed by atoms with van der Waals surface area (Å²) in [5.41, 5.74) is -0.188. The number of carbonyl (C=O) groups excluding carboxylic acids is 1. The highest BCUT2D eigenvalue weighted by atomic mass is 16.2. The smallest absolute Gasteiger partial charge is 0.227 e. The number of piperidine rings is 1. The van der Waals surface area contributed by atoms with Crippen molar-refractivity contribution in [1.29, 1.82) is 0 Å². The molecule has 0 aliphatic carbocycles. The Morgan fingerprint density at radius 2 is 2.29 bits per heavy atom. The maximum absolute atomic E-state index is 12.3. The van der Waals surface area contributed by atoms with Crippen LogP contribution in [0.3, 0.4) is 0 Å². The largest absolute Gasteiger partial charge is 0.353 e. The van der Waals surface area contributed by atoms with Crippen molar-refractivity contribution in [2.45, 2.75) is 45.2 Å². The summed E-state index contributed by atoms with van der Waals surface area (Å²) in [7, 11) is 2.16. The lowest BCUT2D eigenvalue weighted by Crippen LogP contribution is -2.51. The highest BCUT2D eigenvalue weighted by Crippen LogP contribution is 2.25. The van der Waals surface area contributed by atoms with E-state index in [9.17, 15) is 4.79 Å². The number of hydrogen-bond acceptors (Lipinski definition) is 3. The molecule has 0 spiro atoms. The van der Waals surface area contributed by atoms with Crippen molar-refractivity contribution in [3.8, 4) is 0 Å². The van der Waals surface area contributed by atoms with Gasteiger partial charge in [0.1, 0.15) is 0 Å². The first-order valence-corrected chi connectivity index (χ1v) is 6.73. The number of likely N-dealkylation sites (tertiary alicyclic amines) is 1. The minimum absolute atomic E-state index is 0.188. The van der Waals surface area contributed by atoms with Gasteiger partial charge in [-0.2, -0.15) is 0 Å². The third-order valence-corrected chi connectivity index (χ3v) is 4.46. The fourth-order valence-electron chi connectivity index (χ4n) is 2.79. The van der Waals surface area contributed by atoms with Crippen LogP contribution in [-0.2, 0) is 4.79 Å². The summed E-state index contributed by atoms with van der Waals surface area (Å²) in [6.45, 7) is 7.17. The van der Waals surface area contributed by atoms with Crippen LogP contribution >= 0.6 is 0 Å². The van der Waals surface area contributed by atoms with Gasteiger partial charge in [0.15, 0.2) is 0 Å². The monoisotopic (exact) mass is 239 g/mol. The average Bonchev–Trinajstić information content (AvgIpc) is 2.72. The van der Waals surface area contributed by atoms with Crippen LogP contribution in [0.4, 0.5) is 0 Å². The van der Waals surface area contributed by atoms with E-state index in [4.69, 9.17) is 0 Å². The first-order chi connectivity index (χ1) is 8.01. The topological polar surface area (TPSA) is 44.4 Å². The van der Waals surface area contributed by atoms with Crippen LogP contribution in [0.15, 0.2) is 0 Å². The quantitative estimate of drug-likeness (QED) is 0.741. The molecule has 2 fully saturated rings. The maximum atomic E-state index is 12.3. The highest BCUT2D eigenvalue weighted by molar-refractivity contribution is 5.83. The number of carbonyl (C=O) groups is 1. The van der Waals surface area contributed by atoms with Crippen molar-refractivity contribution in [3.63, 3.8) is 0 Å². The summed E-state index contributed by atoms with van der Waals surface area (Å²) in [5, 5.41) is 6.52. The van der Waals surface area contributed by atoms with E-state index in [1.807, 2.05) is 0 Å². The zero-order valence-electron chi connectivity index (χ0n) is 11.3. The lowest BCUT2D eigenvalue weighted by Gasteiger charge is -2.36. The molecule has 0 aromatic rings. The predicted molar refractivity (Wildman–Crippen MR) is 68.9 cm³/mol. The second-order valence-electron chi connectivity index (χ2n) is 6.01. The number of hydrogen-bond donors (Lipinski definition) is 2. The van der Waals surface area contributed by atoms with E-state index >= 15 is 0 Å². The molecule has 2 rings (SSSR count). The molecule has 0 aromatic heterocycles. The summed E-state index contributed by atoms with van der Waals surface area (Å²) in [6.07, 6.45) is 3.11. The number of nitrogens with zero attached hydrogens (tertiary/aromatic N) is 1. The molecule has 98 valence electrons. The SMILES string of the molecule is CC1CC(NC(=O)C2(C)CCNC2)CCN1C. The van der Waals surface area contributed by atoms with Crippen LogP contribution in [0.2, 0.25) is 0 Å². The van der Waals surface area contributed by atoms with Crippen LogP contribution in [0, 0.1) is 5.41 Å². The van der Waals surface area contributed by atoms with E-state index in [1.54, 1.807) is 0 Å². The zero-order chi connectivity index (χ0) is 12.5. The second-order valence-corrected chi connectivity index (χ2v) is 6.01. The van der Waals surface area contributed by atoms with Gasteiger partial charge in [0.25, 0.3) is 0 Å². The Kier molecular flexibility index (Phi) is 3.73. The van der Waals surface area contributed by atoms with E-state index in [1.165, 1.54) is 0 Å². The summed E-state index contributed by atoms with van der Waals surface area (Å²) >= 11 is 0. The molecule has 2 aliphatic heterocycles. The molecule has 3 unspecified atom stereocenters. The lowest BCUT2D eigenvalue weighted by molar-refractivity contribution is -0.130. The van der Waals surface area contributed by atoms with Gasteiger partial charge in [0.2, 0.25) is 5.91 Å². The fourth-order valence-corrected chi connectivity index (χ4v) is 2.79. The molecule has 3 atom stereocenters. The Labute approximate surface area is 104 Å². The molecule has 1 amide bonds. The molecule has 4 nitrogen and oxygen atoms in total. The Hall–Kier alpha value is -0.610. The van der Waals surface area contributed by atoms with E-state index < -0.39 is 0 Å². The van der Waals surface area contributed by atoms with Crippen LogP contribution < -0.4 is 10.6 Å². The minimum atomic E-state index is -0.188. The molecule has 2 N–H and O–H groups in total. The Bertz CT molecular complexity index is 286. The van der Waals surface area contributed by atoms with E-state index in [0.717, 1.165) is 38.9 Å². The van der Waals surface area contributed by atoms with Crippen LogP contribution in [0.1, 0.15) is 33.1 Å². The first kappa shape index (κ1) is 12.8. The second kappa shape index (κ2) is 4.94. The molecular weight excluding hydrogens is 214 g/mol. The average molecular weight is 239 g/mol. The summed E-state index contributed by atoms with van der Waals surface area (Å²) in [4.78, 5) is 14.6. The summed E-state index contributed by atoms with van der Waals surface area (Å²) < 4.78 is 0. The Morgan fingerprint density at radius 1 is 1.53 bits per heavy atom. The van der Waals surface area contributed by atoms with Crippen LogP contribution in [0.5, 0.6) is 0 Å². The van der Waals surface area contributed by atoms with Crippen molar-refractivity contribution in [1.82, 2.24) is 15.5 Å². The molecule has 0 radical (unpaired) electrons. The van der Waals surface area contributed by atoms with Gasteiger partial charge in [-0.1, -0.05) is 0 Å². The number of nitrogens with one attached hydrogen (secondary N) is 2. The minimum Gasteiger partial charge on any atom is -0.353 e. The van der Waals surface area contributed by atoms with Crippen molar-refractivity contribution in [3.05, 3.63) is 0 Å². The van der Waals surface area contributed by atoms with Gasteiger partial charge in [0.05, 0.1) is 5.41 Å². The van der Waals surface area contributed by atoms with Crippen molar-refractivity contribution >= 4 is 5.91 Å². The standard InChI is InChI=1S/C13H25N3O/c1-10-8-11(4-7-16(10)3)15-12(17)13(2)5-6-14-9-13/h10-11,14H,4-9H2,1-3H3,(H,15,17). The molecule has 17 heavy (non-hydrogen) atoms. The lowest BCUT2D eigenvalue weighted by atomic mass is 9.87. The fraction of sp³-hybridized carbons (Fsp3) is 0.923. The first-order valence-electron chi connectivity index (χ1n) is 6.73. The number of rotatable bonds is 2. The van der Waals surface area contributed by atoms with Gasteiger partial charge in [-0.15, -0.1) is 0 Å². The van der Waals surface area contributed by atoms with Crippen molar-refractivity contribution in [2.24, 2.45) is 5.41 Å².